The Hall–Kier alpha value is -1.06. The van der Waals surface area contributed by atoms with Gasteiger partial charge in [0.05, 0.1) is 17.0 Å². The molecule has 0 fully saturated rings. The number of thiophene rings is 1. The van der Waals surface area contributed by atoms with E-state index in [9.17, 15) is 4.79 Å². The van der Waals surface area contributed by atoms with Crippen LogP contribution in [0.3, 0.4) is 0 Å². The van der Waals surface area contributed by atoms with Gasteiger partial charge in [0.25, 0.3) is 0 Å². The molecule has 4 heteroatoms. The maximum atomic E-state index is 10.6. The molecule has 14 heavy (non-hydrogen) atoms. The fourth-order valence-corrected chi connectivity index (χ4v) is 2.46. The average Bonchev–Trinajstić information content (AvgIpc) is 2.60. The molecule has 0 bridgehead atoms. The van der Waals surface area contributed by atoms with E-state index >= 15 is 0 Å². The van der Waals surface area contributed by atoms with Crippen molar-refractivity contribution in [2.24, 2.45) is 0 Å². The first kappa shape index (κ1) is 9.49. The Morgan fingerprint density at radius 1 is 1.50 bits per heavy atom. The number of carbonyl (C=O) groups excluding carboxylic acids is 1. The fourth-order valence-electron chi connectivity index (χ4n) is 1.34. The Labute approximate surface area is 90.1 Å². The monoisotopic (exact) mass is 226 g/mol. The molecule has 0 unspecified atom stereocenters. The minimum absolute atomic E-state index is 0.565. The molecule has 2 rings (SSSR count). The molecular weight excluding hydrogens is 220 g/mol. The van der Waals surface area contributed by atoms with Crippen LogP contribution >= 0.6 is 22.9 Å². The van der Waals surface area contributed by atoms with Crippen molar-refractivity contribution in [3.05, 3.63) is 28.1 Å². The Morgan fingerprint density at radius 2 is 2.29 bits per heavy atom. The summed E-state index contributed by atoms with van der Waals surface area (Å²) in [5.41, 5.74) is 0. The number of rotatable bonds is 2. The van der Waals surface area contributed by atoms with Crippen LogP contribution in [0, 0.1) is 0 Å². The molecule has 0 aliphatic heterocycles. The third kappa shape index (κ3) is 1.38. The van der Waals surface area contributed by atoms with Gasteiger partial charge in [0.15, 0.2) is 6.29 Å². The van der Waals surface area contributed by atoms with Gasteiger partial charge in [0, 0.05) is 10.1 Å². The van der Waals surface area contributed by atoms with Crippen molar-refractivity contribution < 1.29 is 9.53 Å². The van der Waals surface area contributed by atoms with Gasteiger partial charge in [0.2, 0.25) is 0 Å². The van der Waals surface area contributed by atoms with Crippen molar-refractivity contribution in [3.8, 4) is 5.75 Å². The highest BCUT2D eigenvalue weighted by atomic mass is 35.5. The van der Waals surface area contributed by atoms with Crippen molar-refractivity contribution in [2.45, 2.75) is 0 Å². The van der Waals surface area contributed by atoms with E-state index in [-0.39, 0.29) is 0 Å². The molecule has 0 N–H and O–H groups in total. The van der Waals surface area contributed by atoms with Gasteiger partial charge in [-0.15, -0.1) is 11.3 Å². The summed E-state index contributed by atoms with van der Waals surface area (Å²) in [6.07, 6.45) is 0.831. The molecule has 0 spiro atoms. The number of halogens is 1. The van der Waals surface area contributed by atoms with E-state index in [0.717, 1.165) is 16.4 Å². The van der Waals surface area contributed by atoms with Gasteiger partial charge >= 0.3 is 0 Å². The predicted octanol–water partition coefficient (Wildman–Crippen LogP) is 3.38. The van der Waals surface area contributed by atoms with E-state index in [1.807, 2.05) is 6.07 Å². The molecule has 0 aliphatic carbocycles. The molecule has 0 atom stereocenters. The Kier molecular flexibility index (Phi) is 2.44. The van der Waals surface area contributed by atoms with Crippen LogP contribution in [0.15, 0.2) is 18.2 Å². The van der Waals surface area contributed by atoms with Gasteiger partial charge in [-0.05, 0) is 18.2 Å². The van der Waals surface area contributed by atoms with Crippen molar-refractivity contribution in [1.82, 2.24) is 0 Å². The third-order valence-corrected chi connectivity index (χ3v) is 3.27. The standard InChI is InChI=1S/C10H7ClO2S/c1-13-10-7-4-6(5-12)14-9(7)3-2-8(10)11/h2-5H,1H3. The van der Waals surface area contributed by atoms with Crippen molar-refractivity contribution in [1.29, 1.82) is 0 Å². The molecular formula is C10H7ClO2S. The van der Waals surface area contributed by atoms with E-state index in [2.05, 4.69) is 0 Å². The van der Waals surface area contributed by atoms with E-state index in [1.54, 1.807) is 19.2 Å². The summed E-state index contributed by atoms with van der Waals surface area (Å²) >= 11 is 7.38. The largest absolute Gasteiger partial charge is 0.495 e. The summed E-state index contributed by atoms with van der Waals surface area (Å²) in [4.78, 5) is 11.3. The number of benzene rings is 1. The lowest BCUT2D eigenvalue weighted by Crippen LogP contribution is -1.83. The second-order valence-electron chi connectivity index (χ2n) is 2.76. The summed E-state index contributed by atoms with van der Waals surface area (Å²) in [5.74, 6) is 0.633. The highest BCUT2D eigenvalue weighted by Crippen LogP contribution is 2.37. The highest BCUT2D eigenvalue weighted by Gasteiger charge is 2.09. The summed E-state index contributed by atoms with van der Waals surface area (Å²) < 4.78 is 6.18. The third-order valence-electron chi connectivity index (χ3n) is 1.94. The minimum Gasteiger partial charge on any atom is -0.495 e. The van der Waals surface area contributed by atoms with Crippen molar-refractivity contribution >= 4 is 39.3 Å². The van der Waals surface area contributed by atoms with Gasteiger partial charge in [0.1, 0.15) is 5.75 Å². The Bertz CT molecular complexity index is 490. The Morgan fingerprint density at radius 3 is 2.93 bits per heavy atom. The topological polar surface area (TPSA) is 26.3 Å². The number of aldehydes is 1. The molecule has 2 nitrogen and oxygen atoms in total. The highest BCUT2D eigenvalue weighted by molar-refractivity contribution is 7.20. The molecule has 2 aromatic rings. The smallest absolute Gasteiger partial charge is 0.160 e. The molecule has 0 aliphatic rings. The zero-order chi connectivity index (χ0) is 10.1. The van der Waals surface area contributed by atoms with Gasteiger partial charge in [-0.3, -0.25) is 4.79 Å². The summed E-state index contributed by atoms with van der Waals surface area (Å²) in [7, 11) is 1.57. The quantitative estimate of drug-likeness (QED) is 0.734. The number of hydrogen-bond acceptors (Lipinski definition) is 3. The first-order valence-corrected chi connectivity index (χ1v) is 5.17. The predicted molar refractivity (Wildman–Crippen MR) is 58.8 cm³/mol. The SMILES string of the molecule is COc1c(Cl)ccc2sc(C=O)cc12. The van der Waals surface area contributed by atoms with Crippen molar-refractivity contribution in [3.63, 3.8) is 0 Å². The molecule has 1 aromatic carbocycles. The van der Waals surface area contributed by atoms with Crippen LogP contribution in [0.4, 0.5) is 0 Å². The number of fused-ring (bicyclic) bond motifs is 1. The van der Waals surface area contributed by atoms with Gasteiger partial charge in [-0.2, -0.15) is 0 Å². The molecule has 0 saturated heterocycles. The van der Waals surface area contributed by atoms with E-state index in [0.29, 0.717) is 15.6 Å². The first-order valence-electron chi connectivity index (χ1n) is 3.97. The molecule has 0 saturated carbocycles. The molecule has 72 valence electrons. The average molecular weight is 227 g/mol. The lowest BCUT2D eigenvalue weighted by atomic mass is 10.2. The fraction of sp³-hybridized carbons (Fsp3) is 0.100. The number of carbonyl (C=O) groups is 1. The number of ether oxygens (including phenoxy) is 1. The van der Waals surface area contributed by atoms with Crippen LogP contribution < -0.4 is 4.74 Å². The van der Waals surface area contributed by atoms with Crippen LogP contribution in [-0.4, -0.2) is 13.4 Å². The van der Waals surface area contributed by atoms with Gasteiger partial charge in [-0.1, -0.05) is 11.6 Å². The van der Waals surface area contributed by atoms with Crippen molar-refractivity contribution in [2.75, 3.05) is 7.11 Å². The normalized spacial score (nSPS) is 10.4. The number of methoxy groups -OCH3 is 1. The van der Waals surface area contributed by atoms with Crippen LogP contribution in [0.2, 0.25) is 5.02 Å². The Balaban J connectivity index is 2.79. The lowest BCUT2D eigenvalue weighted by Gasteiger charge is -2.02. The minimum atomic E-state index is 0.565. The summed E-state index contributed by atoms with van der Waals surface area (Å²) in [5, 5.41) is 1.46. The second kappa shape index (κ2) is 3.59. The zero-order valence-electron chi connectivity index (χ0n) is 7.41. The van der Waals surface area contributed by atoms with Crippen LogP contribution in [0.25, 0.3) is 10.1 Å². The van der Waals surface area contributed by atoms with Gasteiger partial charge in [-0.25, -0.2) is 0 Å². The zero-order valence-corrected chi connectivity index (χ0v) is 8.98. The van der Waals surface area contributed by atoms with Crippen LogP contribution in [-0.2, 0) is 0 Å². The van der Waals surface area contributed by atoms with E-state index in [4.69, 9.17) is 16.3 Å². The molecule has 1 aromatic heterocycles. The summed E-state index contributed by atoms with van der Waals surface area (Å²) in [6, 6.07) is 5.45. The first-order chi connectivity index (χ1) is 6.76. The second-order valence-corrected chi connectivity index (χ2v) is 4.28. The van der Waals surface area contributed by atoms with Crippen LogP contribution in [0.1, 0.15) is 9.67 Å². The molecule has 0 amide bonds. The van der Waals surface area contributed by atoms with Gasteiger partial charge < -0.3 is 4.74 Å². The molecule has 1 heterocycles. The van der Waals surface area contributed by atoms with E-state index in [1.165, 1.54) is 11.3 Å². The van der Waals surface area contributed by atoms with Crippen LogP contribution in [0.5, 0.6) is 5.75 Å². The summed E-state index contributed by atoms with van der Waals surface area (Å²) in [6.45, 7) is 0. The maximum absolute atomic E-state index is 10.6. The number of hydrogen-bond donors (Lipinski definition) is 0. The van der Waals surface area contributed by atoms with E-state index < -0.39 is 0 Å². The maximum Gasteiger partial charge on any atom is 0.160 e. The lowest BCUT2D eigenvalue weighted by molar-refractivity contribution is 0.112. The molecule has 0 radical (unpaired) electrons.